The molecule has 1 aromatic heterocycles. The molecule has 1 aromatic carbocycles. The van der Waals surface area contributed by atoms with E-state index >= 15 is 0 Å². The van der Waals surface area contributed by atoms with Gasteiger partial charge in [0, 0.05) is 31.3 Å². The van der Waals surface area contributed by atoms with Crippen LogP contribution in [0.1, 0.15) is 33.1 Å². The highest BCUT2D eigenvalue weighted by Gasteiger charge is 2.34. The molecule has 0 aliphatic carbocycles. The van der Waals surface area contributed by atoms with Crippen LogP contribution in [0.5, 0.6) is 0 Å². The van der Waals surface area contributed by atoms with Crippen LogP contribution in [-0.4, -0.2) is 50.4 Å². The molecule has 31 heavy (non-hydrogen) atoms. The SMILES string of the molecule is CC(C)CCNC(=O)[C@@H]1CSCN1C(=O)CCCn1c(=O)oc2cc([N+](=O)[O-])ccc21. The molecule has 10 nitrogen and oxygen atoms in total. The highest BCUT2D eigenvalue weighted by Crippen LogP contribution is 2.23. The quantitative estimate of drug-likeness (QED) is 0.459. The van der Waals surface area contributed by atoms with Gasteiger partial charge in [-0.05, 0) is 24.8 Å². The van der Waals surface area contributed by atoms with E-state index in [0.29, 0.717) is 36.0 Å². The maximum Gasteiger partial charge on any atom is 0.419 e. The van der Waals surface area contributed by atoms with Crippen molar-refractivity contribution in [1.29, 1.82) is 0 Å². The molecule has 1 aliphatic heterocycles. The average Bonchev–Trinajstić information content (AvgIpc) is 3.32. The maximum absolute atomic E-state index is 12.7. The number of hydrogen-bond acceptors (Lipinski definition) is 7. The summed E-state index contributed by atoms with van der Waals surface area (Å²) in [6.07, 6.45) is 1.45. The zero-order chi connectivity index (χ0) is 22.5. The molecule has 1 atom stereocenters. The first-order valence-electron chi connectivity index (χ1n) is 10.2. The van der Waals surface area contributed by atoms with E-state index in [1.807, 2.05) is 0 Å². The molecule has 168 valence electrons. The van der Waals surface area contributed by atoms with Crippen molar-refractivity contribution < 1.29 is 18.9 Å². The topological polar surface area (TPSA) is 128 Å². The van der Waals surface area contributed by atoms with Gasteiger partial charge < -0.3 is 14.6 Å². The number of aryl methyl sites for hydroxylation is 1. The summed E-state index contributed by atoms with van der Waals surface area (Å²) in [6, 6.07) is 3.52. The van der Waals surface area contributed by atoms with Gasteiger partial charge in [-0.15, -0.1) is 11.8 Å². The van der Waals surface area contributed by atoms with Gasteiger partial charge in [-0.3, -0.25) is 24.3 Å². The summed E-state index contributed by atoms with van der Waals surface area (Å²) in [7, 11) is 0. The summed E-state index contributed by atoms with van der Waals surface area (Å²) >= 11 is 1.54. The van der Waals surface area contributed by atoms with Gasteiger partial charge in [-0.25, -0.2) is 4.79 Å². The molecule has 3 rings (SSSR count). The van der Waals surface area contributed by atoms with E-state index in [4.69, 9.17) is 4.42 Å². The lowest BCUT2D eigenvalue weighted by molar-refractivity contribution is -0.384. The largest absolute Gasteiger partial charge is 0.419 e. The third kappa shape index (κ3) is 5.46. The predicted octanol–water partition coefficient (Wildman–Crippen LogP) is 2.35. The minimum atomic E-state index is -0.623. The van der Waals surface area contributed by atoms with Crippen molar-refractivity contribution in [2.45, 2.75) is 45.7 Å². The van der Waals surface area contributed by atoms with Crippen molar-refractivity contribution in [2.75, 3.05) is 18.2 Å². The molecule has 1 fully saturated rings. The number of nitro benzene ring substituents is 1. The molecule has 2 amide bonds. The maximum atomic E-state index is 12.7. The molecule has 2 heterocycles. The zero-order valence-corrected chi connectivity index (χ0v) is 18.4. The number of carbonyl (C=O) groups excluding carboxylic acids is 2. The van der Waals surface area contributed by atoms with Crippen LogP contribution < -0.4 is 11.1 Å². The van der Waals surface area contributed by atoms with Gasteiger partial charge in [0.1, 0.15) is 6.04 Å². The second-order valence-corrected chi connectivity index (χ2v) is 8.88. The Morgan fingerprint density at radius 2 is 2.16 bits per heavy atom. The minimum Gasteiger partial charge on any atom is -0.407 e. The number of carbonyl (C=O) groups is 2. The molecule has 11 heteroatoms. The van der Waals surface area contributed by atoms with Crippen LogP contribution in [0.2, 0.25) is 0 Å². The van der Waals surface area contributed by atoms with E-state index in [1.165, 1.54) is 22.8 Å². The van der Waals surface area contributed by atoms with Crippen molar-refractivity contribution in [1.82, 2.24) is 14.8 Å². The van der Waals surface area contributed by atoms with Gasteiger partial charge in [-0.2, -0.15) is 0 Å². The van der Waals surface area contributed by atoms with E-state index in [-0.39, 0.29) is 36.1 Å². The lowest BCUT2D eigenvalue weighted by atomic mass is 10.1. The Bertz CT molecular complexity index is 1030. The number of nitro groups is 1. The first-order chi connectivity index (χ1) is 14.8. The zero-order valence-electron chi connectivity index (χ0n) is 17.5. The van der Waals surface area contributed by atoms with E-state index in [0.717, 1.165) is 6.42 Å². The molecule has 1 aliphatic rings. The minimum absolute atomic E-state index is 0.127. The molecule has 0 radical (unpaired) electrons. The standard InChI is InChI=1S/C20H26N4O6S/c1-13(2)7-8-21-19(26)16-11-31-12-23(16)18(25)4-3-9-22-15-6-5-14(24(28)29)10-17(15)30-20(22)27/h5-6,10,13,16H,3-4,7-9,11-12H2,1-2H3,(H,21,26)/t16-/m0/s1. The van der Waals surface area contributed by atoms with Gasteiger partial charge in [0.25, 0.3) is 5.69 Å². The van der Waals surface area contributed by atoms with E-state index in [1.54, 1.807) is 16.7 Å². The number of aromatic nitrogens is 1. The predicted molar refractivity (Wildman–Crippen MR) is 117 cm³/mol. The Hall–Kier alpha value is -2.82. The number of hydrogen-bond donors (Lipinski definition) is 1. The van der Waals surface area contributed by atoms with Gasteiger partial charge in [-0.1, -0.05) is 13.8 Å². The van der Waals surface area contributed by atoms with Crippen LogP contribution in [0.4, 0.5) is 5.69 Å². The third-order valence-electron chi connectivity index (χ3n) is 5.16. The average molecular weight is 451 g/mol. The summed E-state index contributed by atoms with van der Waals surface area (Å²) in [5.74, 6) is 0.651. The number of benzene rings is 1. The summed E-state index contributed by atoms with van der Waals surface area (Å²) in [6.45, 7) is 5.00. The van der Waals surface area contributed by atoms with Crippen LogP contribution in [0.15, 0.2) is 27.4 Å². The van der Waals surface area contributed by atoms with Gasteiger partial charge >= 0.3 is 5.76 Å². The van der Waals surface area contributed by atoms with Gasteiger partial charge in [0.2, 0.25) is 11.8 Å². The highest BCUT2D eigenvalue weighted by atomic mass is 32.2. The molecule has 0 bridgehead atoms. The van der Waals surface area contributed by atoms with Crippen LogP contribution in [0, 0.1) is 16.0 Å². The molecule has 0 saturated carbocycles. The summed E-state index contributed by atoms with van der Waals surface area (Å²) in [5.41, 5.74) is 0.426. The summed E-state index contributed by atoms with van der Waals surface area (Å²) in [4.78, 5) is 49.2. The Morgan fingerprint density at radius 1 is 1.39 bits per heavy atom. The van der Waals surface area contributed by atoms with Crippen molar-refractivity contribution in [3.8, 4) is 0 Å². The fourth-order valence-corrected chi connectivity index (χ4v) is 4.60. The Labute approximate surface area is 183 Å². The normalized spacial score (nSPS) is 16.2. The number of nitrogens with one attached hydrogen (secondary N) is 1. The summed E-state index contributed by atoms with van der Waals surface area (Å²) < 4.78 is 6.46. The number of non-ortho nitro benzene ring substituents is 1. The molecular weight excluding hydrogens is 424 g/mol. The molecule has 0 spiro atoms. The van der Waals surface area contributed by atoms with Crippen molar-refractivity contribution in [3.05, 3.63) is 38.9 Å². The first kappa shape index (κ1) is 22.9. The number of amides is 2. The monoisotopic (exact) mass is 450 g/mol. The van der Waals surface area contributed by atoms with E-state index < -0.39 is 16.7 Å². The molecule has 1 N–H and O–H groups in total. The Balaban J connectivity index is 1.57. The third-order valence-corrected chi connectivity index (χ3v) is 6.17. The second kappa shape index (κ2) is 9.99. The fraction of sp³-hybridized carbons (Fsp3) is 0.550. The number of oxazole rings is 1. The van der Waals surface area contributed by atoms with Gasteiger partial charge in [0.05, 0.1) is 22.4 Å². The molecule has 2 aromatic rings. The van der Waals surface area contributed by atoms with Crippen LogP contribution in [-0.2, 0) is 16.1 Å². The van der Waals surface area contributed by atoms with E-state index in [2.05, 4.69) is 19.2 Å². The number of fused-ring (bicyclic) bond motifs is 1. The molecule has 1 saturated heterocycles. The first-order valence-corrected chi connectivity index (χ1v) is 11.4. The van der Waals surface area contributed by atoms with Crippen LogP contribution in [0.3, 0.4) is 0 Å². The highest BCUT2D eigenvalue weighted by molar-refractivity contribution is 7.99. The van der Waals surface area contributed by atoms with Crippen molar-refractivity contribution in [3.63, 3.8) is 0 Å². The number of thioether (sulfide) groups is 1. The van der Waals surface area contributed by atoms with Crippen LogP contribution in [0.25, 0.3) is 11.1 Å². The van der Waals surface area contributed by atoms with Crippen molar-refractivity contribution in [2.24, 2.45) is 5.92 Å². The summed E-state index contributed by atoms with van der Waals surface area (Å²) in [5, 5.41) is 13.8. The lowest BCUT2D eigenvalue weighted by Crippen LogP contribution is -2.47. The van der Waals surface area contributed by atoms with Gasteiger partial charge in [0.15, 0.2) is 5.58 Å². The fourth-order valence-electron chi connectivity index (χ4n) is 3.42. The molecule has 0 unspecified atom stereocenters. The Kier molecular flexibility index (Phi) is 7.37. The lowest BCUT2D eigenvalue weighted by Gasteiger charge is -2.23. The number of rotatable bonds is 9. The van der Waals surface area contributed by atoms with E-state index in [9.17, 15) is 24.5 Å². The Morgan fingerprint density at radius 3 is 2.87 bits per heavy atom. The molecular formula is C20H26N4O6S. The van der Waals surface area contributed by atoms with Crippen LogP contribution >= 0.6 is 11.8 Å². The second-order valence-electron chi connectivity index (χ2n) is 7.89. The van der Waals surface area contributed by atoms with Crippen molar-refractivity contribution >= 4 is 40.4 Å². The number of nitrogens with zero attached hydrogens (tertiary/aromatic N) is 3. The smallest absolute Gasteiger partial charge is 0.407 e.